The number of likely N-dealkylation sites (tertiary alicyclic amines) is 2. The monoisotopic (exact) mass is 293 g/mol. The van der Waals surface area contributed by atoms with Gasteiger partial charge in [0.05, 0.1) is 0 Å². The van der Waals surface area contributed by atoms with Crippen LogP contribution in [-0.4, -0.2) is 61.7 Å². The molecule has 2 aliphatic heterocycles. The van der Waals surface area contributed by atoms with Crippen molar-refractivity contribution >= 4 is 0 Å². The molecule has 1 atom stereocenters. The molecule has 21 heavy (non-hydrogen) atoms. The van der Waals surface area contributed by atoms with Gasteiger partial charge in [0.25, 0.3) is 0 Å². The predicted octanol–water partition coefficient (Wildman–Crippen LogP) is 2.72. The Kier molecular flexibility index (Phi) is 5.58. The van der Waals surface area contributed by atoms with E-state index in [0.29, 0.717) is 5.41 Å². The maximum absolute atomic E-state index is 3.72. The van der Waals surface area contributed by atoms with Crippen molar-refractivity contribution in [2.75, 3.05) is 45.8 Å². The summed E-state index contributed by atoms with van der Waals surface area (Å²) in [7, 11) is 0. The highest BCUT2D eigenvalue weighted by molar-refractivity contribution is 4.93. The summed E-state index contributed by atoms with van der Waals surface area (Å²) in [6.45, 7) is 11.5. The zero-order valence-corrected chi connectivity index (χ0v) is 14.1. The highest BCUT2D eigenvalue weighted by Gasteiger charge is 2.38. The first-order valence-electron chi connectivity index (χ1n) is 9.48. The van der Waals surface area contributed by atoms with Crippen molar-refractivity contribution in [1.82, 2.24) is 15.1 Å². The van der Waals surface area contributed by atoms with Gasteiger partial charge in [-0.05, 0) is 70.1 Å². The summed E-state index contributed by atoms with van der Waals surface area (Å²) in [5.74, 6) is 0. The maximum atomic E-state index is 3.72. The lowest BCUT2D eigenvalue weighted by Gasteiger charge is -2.34. The number of nitrogens with zero attached hydrogens (tertiary/aromatic N) is 2. The van der Waals surface area contributed by atoms with E-state index in [1.165, 1.54) is 97.2 Å². The normalized spacial score (nSPS) is 30.4. The third kappa shape index (κ3) is 4.00. The molecular formula is C18H35N3. The Balaban J connectivity index is 1.49. The molecule has 1 aliphatic carbocycles. The van der Waals surface area contributed by atoms with Crippen LogP contribution in [0.25, 0.3) is 0 Å². The van der Waals surface area contributed by atoms with E-state index in [1.54, 1.807) is 0 Å². The molecule has 2 saturated heterocycles. The fourth-order valence-corrected chi connectivity index (χ4v) is 4.88. The van der Waals surface area contributed by atoms with Crippen LogP contribution in [0, 0.1) is 5.41 Å². The molecular weight excluding hydrogens is 258 g/mol. The lowest BCUT2D eigenvalue weighted by Crippen LogP contribution is -2.43. The van der Waals surface area contributed by atoms with E-state index >= 15 is 0 Å². The first kappa shape index (κ1) is 15.8. The van der Waals surface area contributed by atoms with Gasteiger partial charge in [0.15, 0.2) is 0 Å². The Bertz CT molecular complexity index is 306. The van der Waals surface area contributed by atoms with E-state index in [2.05, 4.69) is 22.0 Å². The molecule has 0 aromatic heterocycles. The number of nitrogens with one attached hydrogen (secondary N) is 1. The lowest BCUT2D eigenvalue weighted by atomic mass is 9.85. The molecule has 122 valence electrons. The fraction of sp³-hybridized carbons (Fsp3) is 1.00. The average Bonchev–Trinajstić information content (AvgIpc) is 3.19. The summed E-state index contributed by atoms with van der Waals surface area (Å²) in [6.07, 6.45) is 11.4. The minimum atomic E-state index is 0.592. The molecule has 0 bridgehead atoms. The molecule has 0 amide bonds. The van der Waals surface area contributed by atoms with Crippen molar-refractivity contribution in [2.45, 2.75) is 64.3 Å². The zero-order valence-electron chi connectivity index (χ0n) is 14.1. The smallest absolute Gasteiger partial charge is 0.0235 e. The van der Waals surface area contributed by atoms with Crippen molar-refractivity contribution < 1.29 is 0 Å². The molecule has 1 unspecified atom stereocenters. The minimum Gasteiger partial charge on any atom is -0.316 e. The van der Waals surface area contributed by atoms with Gasteiger partial charge in [-0.1, -0.05) is 19.8 Å². The maximum Gasteiger partial charge on any atom is 0.0235 e. The van der Waals surface area contributed by atoms with E-state index in [4.69, 9.17) is 0 Å². The van der Waals surface area contributed by atoms with E-state index in [0.717, 1.165) is 6.04 Å². The molecule has 1 N–H and O–H groups in total. The number of rotatable bonds is 7. The Hall–Kier alpha value is -0.120. The van der Waals surface area contributed by atoms with Crippen molar-refractivity contribution in [3.8, 4) is 0 Å². The van der Waals surface area contributed by atoms with Crippen molar-refractivity contribution in [3.63, 3.8) is 0 Å². The first-order chi connectivity index (χ1) is 10.3. The Morgan fingerprint density at radius 3 is 2.52 bits per heavy atom. The molecule has 3 rings (SSSR count). The quantitative estimate of drug-likeness (QED) is 0.728. The van der Waals surface area contributed by atoms with Crippen LogP contribution in [0.15, 0.2) is 0 Å². The molecule has 0 aromatic rings. The van der Waals surface area contributed by atoms with Crippen LogP contribution < -0.4 is 5.32 Å². The molecule has 0 radical (unpaired) electrons. The second-order valence-electron chi connectivity index (χ2n) is 7.80. The standard InChI is InChI=1S/C18H35N3/c1-2-10-19-15-18(8-3-4-9-18)16-20-13-7-17(14-20)21-11-5-6-12-21/h17,19H,2-16H2,1H3. The van der Waals surface area contributed by atoms with Crippen molar-refractivity contribution in [3.05, 3.63) is 0 Å². The molecule has 1 saturated carbocycles. The summed E-state index contributed by atoms with van der Waals surface area (Å²) in [5, 5.41) is 3.72. The van der Waals surface area contributed by atoms with Gasteiger partial charge in [-0.2, -0.15) is 0 Å². The van der Waals surface area contributed by atoms with Gasteiger partial charge >= 0.3 is 0 Å². The second kappa shape index (κ2) is 7.43. The van der Waals surface area contributed by atoms with Crippen LogP contribution in [0.1, 0.15) is 58.3 Å². The van der Waals surface area contributed by atoms with Gasteiger partial charge in [0.1, 0.15) is 0 Å². The summed E-state index contributed by atoms with van der Waals surface area (Å²) in [6, 6.07) is 0.870. The molecule has 0 spiro atoms. The van der Waals surface area contributed by atoms with Crippen LogP contribution in [-0.2, 0) is 0 Å². The largest absolute Gasteiger partial charge is 0.316 e. The van der Waals surface area contributed by atoms with Gasteiger partial charge in [-0.15, -0.1) is 0 Å². The van der Waals surface area contributed by atoms with Crippen LogP contribution >= 0.6 is 0 Å². The van der Waals surface area contributed by atoms with Crippen LogP contribution in [0.5, 0.6) is 0 Å². The highest BCUT2D eigenvalue weighted by Crippen LogP contribution is 2.39. The number of hydrogen-bond acceptors (Lipinski definition) is 3. The highest BCUT2D eigenvalue weighted by atomic mass is 15.3. The zero-order chi connectivity index (χ0) is 14.5. The van der Waals surface area contributed by atoms with Gasteiger partial charge in [-0.25, -0.2) is 0 Å². The van der Waals surface area contributed by atoms with Crippen LogP contribution in [0.2, 0.25) is 0 Å². The fourth-order valence-electron chi connectivity index (χ4n) is 4.88. The predicted molar refractivity (Wildman–Crippen MR) is 89.7 cm³/mol. The van der Waals surface area contributed by atoms with Crippen LogP contribution in [0.4, 0.5) is 0 Å². The summed E-state index contributed by atoms with van der Waals surface area (Å²) < 4.78 is 0. The lowest BCUT2D eigenvalue weighted by molar-refractivity contribution is 0.158. The van der Waals surface area contributed by atoms with Crippen molar-refractivity contribution in [2.24, 2.45) is 5.41 Å². The van der Waals surface area contributed by atoms with Crippen LogP contribution in [0.3, 0.4) is 0 Å². The third-order valence-electron chi connectivity index (χ3n) is 6.05. The minimum absolute atomic E-state index is 0.592. The van der Waals surface area contributed by atoms with Gasteiger partial charge < -0.3 is 10.2 Å². The van der Waals surface area contributed by atoms with Gasteiger partial charge in [0.2, 0.25) is 0 Å². The third-order valence-corrected chi connectivity index (χ3v) is 6.05. The summed E-state index contributed by atoms with van der Waals surface area (Å²) >= 11 is 0. The Labute approximate surface area is 131 Å². The molecule has 0 aromatic carbocycles. The molecule has 3 fully saturated rings. The topological polar surface area (TPSA) is 18.5 Å². The second-order valence-corrected chi connectivity index (χ2v) is 7.80. The van der Waals surface area contributed by atoms with E-state index in [-0.39, 0.29) is 0 Å². The van der Waals surface area contributed by atoms with Crippen molar-refractivity contribution in [1.29, 1.82) is 0 Å². The molecule has 2 heterocycles. The van der Waals surface area contributed by atoms with Gasteiger partial charge in [-0.3, -0.25) is 4.90 Å². The van der Waals surface area contributed by atoms with Gasteiger partial charge in [0, 0.05) is 25.7 Å². The van der Waals surface area contributed by atoms with E-state index < -0.39 is 0 Å². The average molecular weight is 293 g/mol. The summed E-state index contributed by atoms with van der Waals surface area (Å²) in [5.41, 5.74) is 0.592. The molecule has 3 nitrogen and oxygen atoms in total. The Morgan fingerprint density at radius 2 is 1.81 bits per heavy atom. The van der Waals surface area contributed by atoms with E-state index in [9.17, 15) is 0 Å². The summed E-state index contributed by atoms with van der Waals surface area (Å²) in [4.78, 5) is 5.55. The number of hydrogen-bond donors (Lipinski definition) is 1. The SMILES string of the molecule is CCCNCC1(CN2CCC(N3CCCC3)C2)CCCC1. The van der Waals surface area contributed by atoms with E-state index in [1.807, 2.05) is 0 Å². The first-order valence-corrected chi connectivity index (χ1v) is 9.48. The molecule has 3 heteroatoms. The molecule has 3 aliphatic rings. The Morgan fingerprint density at radius 1 is 1.05 bits per heavy atom.